The summed E-state index contributed by atoms with van der Waals surface area (Å²) in [7, 11) is 0. The van der Waals surface area contributed by atoms with Gasteiger partial charge in [-0.25, -0.2) is 9.59 Å². The monoisotopic (exact) mass is 346 g/mol. The molecule has 2 amide bonds. The number of urea groups is 1. The number of amides is 2. The topological polar surface area (TPSA) is 76.7 Å². The molecule has 25 heavy (non-hydrogen) atoms. The van der Waals surface area contributed by atoms with Gasteiger partial charge in [-0.05, 0) is 40.2 Å². The van der Waals surface area contributed by atoms with Gasteiger partial charge < -0.3 is 20.1 Å². The number of carbonyl (C=O) groups is 2. The fraction of sp³-hybridized carbons (Fsp3) is 0.474. The predicted molar refractivity (Wildman–Crippen MR) is 95.2 cm³/mol. The van der Waals surface area contributed by atoms with E-state index in [0.29, 0.717) is 17.0 Å². The Morgan fingerprint density at radius 3 is 2.56 bits per heavy atom. The van der Waals surface area contributed by atoms with Crippen molar-refractivity contribution in [2.24, 2.45) is 0 Å². The van der Waals surface area contributed by atoms with Crippen LogP contribution >= 0.6 is 0 Å². The van der Waals surface area contributed by atoms with Crippen molar-refractivity contribution in [1.82, 2.24) is 10.6 Å². The summed E-state index contributed by atoms with van der Waals surface area (Å²) in [6.07, 6.45) is 0.489. The van der Waals surface area contributed by atoms with Gasteiger partial charge in [-0.15, -0.1) is 0 Å². The molecule has 136 valence electrons. The number of carbonyl (C=O) groups excluding carboxylic acids is 2. The number of hydrogen-bond donors (Lipinski definition) is 2. The minimum absolute atomic E-state index is 0.0286. The van der Waals surface area contributed by atoms with Crippen LogP contribution in [0.3, 0.4) is 0 Å². The van der Waals surface area contributed by atoms with E-state index in [1.165, 1.54) is 0 Å². The highest BCUT2D eigenvalue weighted by atomic mass is 16.5. The highest BCUT2D eigenvalue weighted by Gasteiger charge is 2.34. The number of rotatable bonds is 6. The van der Waals surface area contributed by atoms with Crippen LogP contribution in [0, 0.1) is 0 Å². The van der Waals surface area contributed by atoms with Gasteiger partial charge in [0.1, 0.15) is 5.75 Å². The third-order valence-corrected chi connectivity index (χ3v) is 3.96. The van der Waals surface area contributed by atoms with E-state index in [9.17, 15) is 9.59 Å². The van der Waals surface area contributed by atoms with E-state index >= 15 is 0 Å². The molecule has 0 unspecified atom stereocenters. The lowest BCUT2D eigenvalue weighted by atomic mass is 9.94. The second-order valence-corrected chi connectivity index (χ2v) is 6.40. The minimum atomic E-state index is -0.625. The molecule has 1 aromatic carbocycles. The quantitative estimate of drug-likeness (QED) is 0.774. The maximum absolute atomic E-state index is 12.7. The van der Waals surface area contributed by atoms with Crippen LogP contribution in [-0.2, 0) is 9.53 Å². The van der Waals surface area contributed by atoms with Crippen molar-refractivity contribution in [3.8, 4) is 5.75 Å². The molecular weight excluding hydrogens is 320 g/mol. The van der Waals surface area contributed by atoms with Crippen molar-refractivity contribution < 1.29 is 19.1 Å². The van der Waals surface area contributed by atoms with E-state index in [0.717, 1.165) is 12.0 Å². The minimum Gasteiger partial charge on any atom is -0.491 e. The zero-order chi connectivity index (χ0) is 18.6. The number of para-hydroxylation sites is 1. The summed E-state index contributed by atoms with van der Waals surface area (Å²) in [6.45, 7) is 9.34. The third-order valence-electron chi connectivity index (χ3n) is 3.96. The summed E-state index contributed by atoms with van der Waals surface area (Å²) < 4.78 is 11.3. The van der Waals surface area contributed by atoms with Crippen LogP contribution in [0.2, 0.25) is 0 Å². The van der Waals surface area contributed by atoms with E-state index < -0.39 is 12.0 Å². The first kappa shape index (κ1) is 18.8. The average molecular weight is 346 g/mol. The van der Waals surface area contributed by atoms with Crippen molar-refractivity contribution in [2.45, 2.75) is 59.3 Å². The molecular formula is C19H26N2O4. The van der Waals surface area contributed by atoms with Gasteiger partial charge in [0.15, 0.2) is 0 Å². The first-order chi connectivity index (χ1) is 11.8. The van der Waals surface area contributed by atoms with Gasteiger partial charge in [0.2, 0.25) is 0 Å². The number of benzene rings is 1. The lowest BCUT2D eigenvalue weighted by Gasteiger charge is -2.30. The van der Waals surface area contributed by atoms with Gasteiger partial charge in [0.25, 0.3) is 0 Å². The maximum Gasteiger partial charge on any atom is 0.338 e. The summed E-state index contributed by atoms with van der Waals surface area (Å²) in [5.74, 6) is 0.190. The van der Waals surface area contributed by atoms with Crippen molar-refractivity contribution in [3.63, 3.8) is 0 Å². The highest BCUT2D eigenvalue weighted by Crippen LogP contribution is 2.34. The molecule has 6 nitrogen and oxygen atoms in total. The summed E-state index contributed by atoms with van der Waals surface area (Å²) in [6, 6.07) is 6.40. The Bertz CT molecular complexity index is 682. The van der Waals surface area contributed by atoms with Gasteiger partial charge in [0, 0.05) is 11.3 Å². The molecule has 2 N–H and O–H groups in total. The van der Waals surface area contributed by atoms with Gasteiger partial charge in [-0.2, -0.15) is 0 Å². The van der Waals surface area contributed by atoms with Crippen LogP contribution < -0.4 is 15.4 Å². The second kappa shape index (κ2) is 8.05. The lowest BCUT2D eigenvalue weighted by Crippen LogP contribution is -2.45. The second-order valence-electron chi connectivity index (χ2n) is 6.40. The largest absolute Gasteiger partial charge is 0.491 e. The van der Waals surface area contributed by atoms with Crippen molar-refractivity contribution in [3.05, 3.63) is 41.1 Å². The molecule has 0 radical (unpaired) electrons. The molecule has 0 saturated heterocycles. The SMILES string of the molecule is CC[C@@H](C)OC(=O)C1=C(C)NC(=O)N[C@H]1c1ccccc1OC(C)C. The van der Waals surface area contributed by atoms with E-state index in [1.807, 2.05) is 52.0 Å². The number of ether oxygens (including phenoxy) is 2. The fourth-order valence-electron chi connectivity index (χ4n) is 2.61. The molecule has 0 spiro atoms. The first-order valence-corrected chi connectivity index (χ1v) is 8.58. The van der Waals surface area contributed by atoms with Crippen LogP contribution in [0.4, 0.5) is 4.79 Å². The molecule has 1 heterocycles. The van der Waals surface area contributed by atoms with Crippen LogP contribution in [0.25, 0.3) is 0 Å². The van der Waals surface area contributed by atoms with Crippen LogP contribution in [0.5, 0.6) is 5.75 Å². The van der Waals surface area contributed by atoms with Gasteiger partial charge in [-0.3, -0.25) is 0 Å². The van der Waals surface area contributed by atoms with E-state index in [2.05, 4.69) is 10.6 Å². The normalized spacial score (nSPS) is 18.5. The third kappa shape index (κ3) is 4.53. The fourth-order valence-corrected chi connectivity index (χ4v) is 2.61. The van der Waals surface area contributed by atoms with Gasteiger partial charge in [0.05, 0.1) is 23.8 Å². The molecule has 1 aliphatic rings. The Hall–Kier alpha value is -2.50. The summed E-state index contributed by atoms with van der Waals surface area (Å²) in [5, 5.41) is 5.46. The summed E-state index contributed by atoms with van der Waals surface area (Å²) >= 11 is 0. The number of nitrogens with one attached hydrogen (secondary N) is 2. The first-order valence-electron chi connectivity index (χ1n) is 8.58. The Morgan fingerprint density at radius 1 is 1.24 bits per heavy atom. The summed E-state index contributed by atoms with van der Waals surface area (Å²) in [4.78, 5) is 24.7. The Kier molecular flexibility index (Phi) is 6.07. The van der Waals surface area contributed by atoms with Gasteiger partial charge in [-0.1, -0.05) is 25.1 Å². The highest BCUT2D eigenvalue weighted by molar-refractivity contribution is 5.95. The van der Waals surface area contributed by atoms with Crippen molar-refractivity contribution in [2.75, 3.05) is 0 Å². The zero-order valence-electron chi connectivity index (χ0n) is 15.4. The molecule has 0 bridgehead atoms. The van der Waals surface area contributed by atoms with Crippen LogP contribution in [-0.4, -0.2) is 24.2 Å². The smallest absolute Gasteiger partial charge is 0.338 e. The zero-order valence-corrected chi connectivity index (χ0v) is 15.4. The number of allylic oxidation sites excluding steroid dienone is 1. The molecule has 1 aromatic rings. The molecule has 0 fully saturated rings. The molecule has 0 aromatic heterocycles. The molecule has 1 aliphatic heterocycles. The Labute approximate surface area is 148 Å². The summed E-state index contributed by atoms with van der Waals surface area (Å²) in [5.41, 5.74) is 1.60. The van der Waals surface area contributed by atoms with E-state index in [4.69, 9.17) is 9.47 Å². The molecule has 2 atom stereocenters. The molecule has 2 rings (SSSR count). The Morgan fingerprint density at radius 2 is 1.92 bits per heavy atom. The maximum atomic E-state index is 12.7. The van der Waals surface area contributed by atoms with E-state index in [-0.39, 0.29) is 18.2 Å². The lowest BCUT2D eigenvalue weighted by molar-refractivity contribution is -0.144. The van der Waals surface area contributed by atoms with Crippen molar-refractivity contribution >= 4 is 12.0 Å². The number of esters is 1. The average Bonchev–Trinajstić information content (AvgIpc) is 2.53. The van der Waals surface area contributed by atoms with Crippen molar-refractivity contribution in [1.29, 1.82) is 0 Å². The van der Waals surface area contributed by atoms with Crippen LogP contribution in [0.1, 0.15) is 52.6 Å². The number of hydrogen-bond acceptors (Lipinski definition) is 4. The van der Waals surface area contributed by atoms with E-state index in [1.54, 1.807) is 6.92 Å². The predicted octanol–water partition coefficient (Wildman–Crippen LogP) is 3.44. The van der Waals surface area contributed by atoms with Crippen LogP contribution in [0.15, 0.2) is 35.5 Å². The standard InChI is InChI=1S/C19H26N2O4/c1-6-12(4)25-18(22)16-13(5)20-19(23)21-17(16)14-9-7-8-10-15(14)24-11(2)3/h7-12,17H,6H2,1-5H3,(H2,20,21,23)/t12-,17+/m1/s1. The molecule has 0 aliphatic carbocycles. The van der Waals surface area contributed by atoms with Gasteiger partial charge >= 0.3 is 12.0 Å². The Balaban J connectivity index is 2.45. The molecule has 6 heteroatoms. The molecule has 0 saturated carbocycles.